The van der Waals surface area contributed by atoms with Gasteiger partial charge in [-0.2, -0.15) is 26.3 Å². The monoisotopic (exact) mass is 397 g/mol. The van der Waals surface area contributed by atoms with Gasteiger partial charge < -0.3 is 10.0 Å². The highest BCUT2D eigenvalue weighted by Crippen LogP contribution is 2.41. The molecule has 0 bridgehead atoms. The lowest BCUT2D eigenvalue weighted by atomic mass is 9.88. The molecule has 0 radical (unpaired) electrons. The summed E-state index contributed by atoms with van der Waals surface area (Å²) in [7, 11) is 0. The van der Waals surface area contributed by atoms with Crippen LogP contribution in [-0.2, 0) is 4.79 Å². The summed E-state index contributed by atoms with van der Waals surface area (Å²) in [5.41, 5.74) is -4.19. The van der Waals surface area contributed by atoms with Crippen LogP contribution in [-0.4, -0.2) is 51.9 Å². The second kappa shape index (κ2) is 6.25. The van der Waals surface area contributed by atoms with Gasteiger partial charge in [-0.25, -0.2) is 4.99 Å². The molecule has 1 fully saturated rings. The van der Waals surface area contributed by atoms with Gasteiger partial charge in [-0.15, -0.1) is 0 Å². The molecule has 1 amide bonds. The molecule has 0 aromatic heterocycles. The third-order valence-corrected chi connectivity index (χ3v) is 5.08. The maximum Gasteiger partial charge on any atom is 0.426 e. The van der Waals surface area contributed by atoms with Gasteiger partial charge in [-0.05, 0) is 32.3 Å². The van der Waals surface area contributed by atoms with E-state index in [9.17, 15) is 36.2 Å². The number of alkyl halides is 6. The Labute approximate surface area is 150 Å². The SMILES string of the molecule is C[C@](O)(C(=O)NC1=NC2=CC=C(C(F)(F)F)C[C@@H]2N1C1CCC1)C(F)(F)F. The molecule has 1 heterocycles. The molecule has 2 N–H and O–H groups in total. The number of amides is 1. The highest BCUT2D eigenvalue weighted by Gasteiger charge is 2.56. The highest BCUT2D eigenvalue weighted by atomic mass is 19.4. The molecule has 11 heteroatoms. The van der Waals surface area contributed by atoms with E-state index in [-0.39, 0.29) is 17.7 Å². The van der Waals surface area contributed by atoms with Crippen LogP contribution in [0.1, 0.15) is 32.6 Å². The van der Waals surface area contributed by atoms with E-state index in [1.807, 2.05) is 5.32 Å². The molecule has 2 atom stereocenters. The number of fused-ring (bicyclic) bond motifs is 1. The number of guanidine groups is 1. The van der Waals surface area contributed by atoms with Crippen LogP contribution in [0, 0.1) is 0 Å². The molecule has 1 saturated carbocycles. The molecule has 0 spiro atoms. The fourth-order valence-electron chi connectivity index (χ4n) is 3.11. The van der Waals surface area contributed by atoms with Gasteiger partial charge in [-0.1, -0.05) is 6.08 Å². The number of aliphatic hydroxyl groups is 1. The van der Waals surface area contributed by atoms with Crippen molar-refractivity contribution in [3.8, 4) is 0 Å². The van der Waals surface area contributed by atoms with Crippen molar-refractivity contribution < 1.29 is 36.2 Å². The van der Waals surface area contributed by atoms with Crippen molar-refractivity contribution in [3.05, 3.63) is 23.4 Å². The van der Waals surface area contributed by atoms with E-state index < -0.39 is 41.9 Å². The van der Waals surface area contributed by atoms with E-state index in [0.717, 1.165) is 18.6 Å². The second-order valence-corrected chi connectivity index (χ2v) is 6.95. The van der Waals surface area contributed by atoms with Crippen molar-refractivity contribution in [3.63, 3.8) is 0 Å². The van der Waals surface area contributed by atoms with Gasteiger partial charge in [0.1, 0.15) is 0 Å². The summed E-state index contributed by atoms with van der Waals surface area (Å²) in [5.74, 6) is -2.00. The van der Waals surface area contributed by atoms with Crippen molar-refractivity contribution in [2.24, 2.45) is 4.99 Å². The first kappa shape index (κ1) is 19.7. The summed E-state index contributed by atoms with van der Waals surface area (Å²) in [5, 5.41) is 11.5. The number of hydrogen-bond donors (Lipinski definition) is 2. The van der Waals surface area contributed by atoms with Crippen LogP contribution in [0.2, 0.25) is 0 Å². The lowest BCUT2D eigenvalue weighted by molar-refractivity contribution is -0.244. The van der Waals surface area contributed by atoms with Gasteiger partial charge in [0.15, 0.2) is 0 Å². The van der Waals surface area contributed by atoms with Crippen LogP contribution in [0.15, 0.2) is 28.4 Å². The molecule has 2 aliphatic carbocycles. The molecular weight excluding hydrogens is 380 g/mol. The van der Waals surface area contributed by atoms with E-state index >= 15 is 0 Å². The fourth-order valence-corrected chi connectivity index (χ4v) is 3.11. The van der Waals surface area contributed by atoms with E-state index in [4.69, 9.17) is 0 Å². The number of hydrogen-bond acceptors (Lipinski definition) is 4. The fraction of sp³-hybridized carbons (Fsp3) is 0.625. The Morgan fingerprint density at radius 1 is 1.22 bits per heavy atom. The van der Waals surface area contributed by atoms with E-state index in [0.29, 0.717) is 19.8 Å². The minimum Gasteiger partial charge on any atom is -0.373 e. The summed E-state index contributed by atoms with van der Waals surface area (Å²) in [6.07, 6.45) is -6.05. The lowest BCUT2D eigenvalue weighted by Crippen LogP contribution is -2.60. The smallest absolute Gasteiger partial charge is 0.373 e. The predicted molar refractivity (Wildman–Crippen MR) is 82.4 cm³/mol. The summed E-state index contributed by atoms with van der Waals surface area (Å²) in [4.78, 5) is 17.4. The zero-order valence-corrected chi connectivity index (χ0v) is 14.2. The minimum atomic E-state index is -5.21. The van der Waals surface area contributed by atoms with Crippen molar-refractivity contribution in [2.75, 3.05) is 0 Å². The molecule has 27 heavy (non-hydrogen) atoms. The molecule has 150 valence electrons. The number of carbonyl (C=O) groups is 1. The summed E-state index contributed by atoms with van der Waals surface area (Å²) < 4.78 is 77.7. The van der Waals surface area contributed by atoms with Crippen molar-refractivity contribution in [1.82, 2.24) is 10.2 Å². The largest absolute Gasteiger partial charge is 0.426 e. The molecule has 1 aliphatic heterocycles. The quantitative estimate of drug-likeness (QED) is 0.705. The van der Waals surface area contributed by atoms with Gasteiger partial charge >= 0.3 is 12.4 Å². The number of halogens is 6. The van der Waals surface area contributed by atoms with E-state index in [1.54, 1.807) is 0 Å². The average molecular weight is 397 g/mol. The molecule has 3 aliphatic rings. The Balaban J connectivity index is 1.87. The first-order valence-corrected chi connectivity index (χ1v) is 8.28. The van der Waals surface area contributed by atoms with Gasteiger partial charge in [-0.3, -0.25) is 10.1 Å². The molecule has 3 rings (SSSR count). The van der Waals surface area contributed by atoms with Crippen LogP contribution < -0.4 is 5.32 Å². The van der Waals surface area contributed by atoms with E-state index in [1.165, 1.54) is 4.90 Å². The van der Waals surface area contributed by atoms with Crippen LogP contribution in [0.25, 0.3) is 0 Å². The van der Waals surface area contributed by atoms with Gasteiger partial charge in [0, 0.05) is 18.0 Å². The third-order valence-electron chi connectivity index (χ3n) is 5.08. The maximum atomic E-state index is 13.0. The molecule has 0 saturated heterocycles. The Hall–Kier alpha value is -2.04. The summed E-state index contributed by atoms with van der Waals surface area (Å²) in [6, 6.07) is -1.05. The maximum absolute atomic E-state index is 13.0. The third kappa shape index (κ3) is 3.44. The van der Waals surface area contributed by atoms with Crippen molar-refractivity contribution >= 4 is 11.9 Å². The van der Waals surface area contributed by atoms with Gasteiger partial charge in [0.2, 0.25) is 11.6 Å². The highest BCUT2D eigenvalue weighted by molar-refractivity contribution is 6.02. The lowest BCUT2D eigenvalue weighted by Gasteiger charge is -2.41. The van der Waals surface area contributed by atoms with Gasteiger partial charge in [0.25, 0.3) is 5.91 Å². The Kier molecular flexibility index (Phi) is 4.56. The molecule has 5 nitrogen and oxygen atoms in total. The number of aliphatic imine (C=N–C) groups is 1. The first-order chi connectivity index (χ1) is 12.3. The van der Waals surface area contributed by atoms with Gasteiger partial charge in [0.05, 0.1) is 11.7 Å². The number of nitrogens with zero attached hydrogens (tertiary/aromatic N) is 2. The Morgan fingerprint density at radius 3 is 2.33 bits per heavy atom. The average Bonchev–Trinajstić information content (AvgIpc) is 2.81. The van der Waals surface area contributed by atoms with Crippen LogP contribution in [0.5, 0.6) is 0 Å². The van der Waals surface area contributed by atoms with Crippen LogP contribution in [0.4, 0.5) is 26.3 Å². The second-order valence-electron chi connectivity index (χ2n) is 6.95. The zero-order valence-electron chi connectivity index (χ0n) is 14.2. The Morgan fingerprint density at radius 2 is 1.85 bits per heavy atom. The van der Waals surface area contributed by atoms with E-state index in [2.05, 4.69) is 4.99 Å². The Bertz CT molecular complexity index is 731. The summed E-state index contributed by atoms with van der Waals surface area (Å²) >= 11 is 0. The topological polar surface area (TPSA) is 64.9 Å². The number of rotatable bonds is 2. The minimum absolute atomic E-state index is 0.233. The predicted octanol–water partition coefficient (Wildman–Crippen LogP) is 2.78. The first-order valence-electron chi connectivity index (χ1n) is 8.28. The standard InChI is InChI=1S/C16H17F6N3O2/c1-14(27,16(20,21)22)12(26)24-13-23-10-6-5-8(15(17,18)19)7-11(10)25(13)9-3-2-4-9/h5-6,9,11,27H,2-4,7H2,1H3,(H,23,24,26)/t11-,14-/m0/s1. The number of carbonyl (C=O) groups excluding carboxylic acids is 1. The van der Waals surface area contributed by atoms with Crippen LogP contribution >= 0.6 is 0 Å². The zero-order chi connectivity index (χ0) is 20.2. The van der Waals surface area contributed by atoms with Crippen LogP contribution in [0.3, 0.4) is 0 Å². The normalized spacial score (nSPS) is 25.7. The summed E-state index contributed by atoms with van der Waals surface area (Å²) in [6.45, 7) is 0.307. The number of nitrogens with one attached hydrogen (secondary N) is 1. The molecule has 0 unspecified atom stereocenters. The molecule has 0 aromatic carbocycles. The van der Waals surface area contributed by atoms with Crippen molar-refractivity contribution in [1.29, 1.82) is 0 Å². The molecule has 0 aromatic rings. The molecular formula is C16H17F6N3O2. The van der Waals surface area contributed by atoms with Crippen molar-refractivity contribution in [2.45, 2.75) is 62.6 Å². The number of allylic oxidation sites excluding steroid dienone is 2.